The van der Waals surface area contributed by atoms with Crippen molar-refractivity contribution in [2.45, 2.75) is 19.3 Å². The lowest BCUT2D eigenvalue weighted by Crippen LogP contribution is -2.26. The molecule has 1 amide bonds. The summed E-state index contributed by atoms with van der Waals surface area (Å²) in [4.78, 5) is 28.8. The highest BCUT2D eigenvalue weighted by Gasteiger charge is 2.30. The number of para-hydroxylation sites is 2. The first-order chi connectivity index (χ1) is 17.4. The minimum absolute atomic E-state index is 0.102. The Kier molecular flexibility index (Phi) is 6.06. The fourth-order valence-electron chi connectivity index (χ4n) is 5.00. The summed E-state index contributed by atoms with van der Waals surface area (Å²) in [7, 11) is 1.68. The van der Waals surface area contributed by atoms with Crippen molar-refractivity contribution in [3.63, 3.8) is 0 Å². The van der Waals surface area contributed by atoms with E-state index in [4.69, 9.17) is 0 Å². The van der Waals surface area contributed by atoms with Crippen molar-refractivity contribution in [2.75, 3.05) is 6.54 Å². The molecule has 2 aromatic heterocycles. The van der Waals surface area contributed by atoms with Crippen molar-refractivity contribution in [2.24, 2.45) is 7.05 Å². The zero-order valence-corrected chi connectivity index (χ0v) is 20.0. The summed E-state index contributed by atoms with van der Waals surface area (Å²) in [6.45, 7) is 1.87. The van der Waals surface area contributed by atoms with Gasteiger partial charge in [0, 0.05) is 42.5 Å². The Morgan fingerprint density at radius 3 is 2.42 bits per heavy atom. The predicted octanol–water partition coefficient (Wildman–Crippen LogP) is 4.72. The number of carbonyl (C=O) groups is 1. The van der Waals surface area contributed by atoms with E-state index in [1.165, 1.54) is 23.6 Å². The Balaban J connectivity index is 1.82. The van der Waals surface area contributed by atoms with Gasteiger partial charge >= 0.3 is 0 Å². The molecule has 0 aliphatic rings. The van der Waals surface area contributed by atoms with Crippen molar-refractivity contribution in [1.82, 2.24) is 14.9 Å². The van der Waals surface area contributed by atoms with Gasteiger partial charge in [0.1, 0.15) is 11.6 Å². The molecule has 5 aromatic rings. The molecule has 182 valence electrons. The SMILES string of the molecule is CC(=O)NCCc1c(C(c2ccc(F)cc2)c2c(O)c3ccccc3n(C)c2=O)[nH]c2ccccc12. The normalized spacial score (nSPS) is 12.2. The quantitative estimate of drug-likeness (QED) is 0.327. The summed E-state index contributed by atoms with van der Waals surface area (Å²) in [6.07, 6.45) is 0.505. The molecule has 1 atom stereocenters. The zero-order chi connectivity index (χ0) is 25.4. The summed E-state index contributed by atoms with van der Waals surface area (Å²) in [5.41, 5.74) is 3.64. The highest BCUT2D eigenvalue weighted by atomic mass is 19.1. The van der Waals surface area contributed by atoms with Crippen LogP contribution in [0.4, 0.5) is 4.39 Å². The average molecular weight is 484 g/mol. The number of nitrogens with zero attached hydrogens (tertiary/aromatic N) is 1. The van der Waals surface area contributed by atoms with E-state index >= 15 is 0 Å². The van der Waals surface area contributed by atoms with E-state index < -0.39 is 11.7 Å². The van der Waals surface area contributed by atoms with Crippen LogP contribution in [0.1, 0.15) is 35.2 Å². The minimum Gasteiger partial charge on any atom is -0.507 e. The number of benzene rings is 3. The van der Waals surface area contributed by atoms with Crippen LogP contribution < -0.4 is 10.9 Å². The van der Waals surface area contributed by atoms with Gasteiger partial charge in [0.15, 0.2) is 0 Å². The molecule has 0 bridgehead atoms. The summed E-state index contributed by atoms with van der Waals surface area (Å²) >= 11 is 0. The van der Waals surface area contributed by atoms with Crippen molar-refractivity contribution in [1.29, 1.82) is 0 Å². The number of halogens is 1. The number of aromatic nitrogens is 2. The second kappa shape index (κ2) is 9.34. The van der Waals surface area contributed by atoms with Gasteiger partial charge in [-0.1, -0.05) is 42.5 Å². The molecule has 2 heterocycles. The number of fused-ring (bicyclic) bond motifs is 2. The number of hydrogen-bond donors (Lipinski definition) is 3. The van der Waals surface area contributed by atoms with Crippen molar-refractivity contribution < 1.29 is 14.3 Å². The van der Waals surface area contributed by atoms with Gasteiger partial charge < -0.3 is 20.0 Å². The number of hydrogen-bond acceptors (Lipinski definition) is 3. The summed E-state index contributed by atoms with van der Waals surface area (Å²) in [5.74, 6) is -1.33. The summed E-state index contributed by atoms with van der Waals surface area (Å²) in [5, 5.41) is 15.8. The maximum Gasteiger partial charge on any atom is 0.258 e. The Morgan fingerprint density at radius 2 is 1.69 bits per heavy atom. The monoisotopic (exact) mass is 483 g/mol. The van der Waals surface area contributed by atoms with Gasteiger partial charge in [-0.25, -0.2) is 4.39 Å². The number of pyridine rings is 1. The van der Waals surface area contributed by atoms with Crippen LogP contribution in [0.15, 0.2) is 77.6 Å². The molecule has 0 aliphatic heterocycles. The van der Waals surface area contributed by atoms with Crippen LogP contribution in [0, 0.1) is 5.82 Å². The van der Waals surface area contributed by atoms with Crippen LogP contribution in [0.5, 0.6) is 5.75 Å². The van der Waals surface area contributed by atoms with Gasteiger partial charge in [0.2, 0.25) is 5.91 Å². The number of aromatic hydroxyl groups is 1. The summed E-state index contributed by atoms with van der Waals surface area (Å²) < 4.78 is 15.4. The van der Waals surface area contributed by atoms with Crippen LogP contribution in [-0.2, 0) is 18.3 Å². The number of aromatic amines is 1. The van der Waals surface area contributed by atoms with E-state index in [0.29, 0.717) is 29.4 Å². The van der Waals surface area contributed by atoms with Crippen molar-refractivity contribution >= 4 is 27.7 Å². The molecular formula is C29H26FN3O3. The molecule has 0 spiro atoms. The number of H-pyrrole nitrogens is 1. The van der Waals surface area contributed by atoms with Crippen molar-refractivity contribution in [3.8, 4) is 5.75 Å². The molecule has 36 heavy (non-hydrogen) atoms. The maximum absolute atomic E-state index is 13.9. The third kappa shape index (κ3) is 4.02. The Hall–Kier alpha value is -4.39. The largest absolute Gasteiger partial charge is 0.507 e. The van der Waals surface area contributed by atoms with E-state index in [1.54, 1.807) is 31.3 Å². The molecule has 0 radical (unpaired) electrons. The lowest BCUT2D eigenvalue weighted by atomic mass is 9.85. The number of carbonyl (C=O) groups excluding carboxylic acids is 1. The van der Waals surface area contributed by atoms with Crippen LogP contribution in [0.2, 0.25) is 0 Å². The second-order valence-electron chi connectivity index (χ2n) is 8.92. The Labute approximate surface area is 207 Å². The third-order valence-corrected chi connectivity index (χ3v) is 6.69. The maximum atomic E-state index is 13.9. The molecule has 3 aromatic carbocycles. The summed E-state index contributed by atoms with van der Waals surface area (Å²) in [6, 6.07) is 20.9. The van der Waals surface area contributed by atoms with Crippen LogP contribution >= 0.6 is 0 Å². The molecular weight excluding hydrogens is 457 g/mol. The highest BCUT2D eigenvalue weighted by Crippen LogP contribution is 2.41. The number of aryl methyl sites for hydroxylation is 1. The molecule has 7 heteroatoms. The minimum atomic E-state index is -0.700. The first-order valence-corrected chi connectivity index (χ1v) is 11.8. The first kappa shape index (κ1) is 23.4. The van der Waals surface area contributed by atoms with E-state index in [1.807, 2.05) is 36.4 Å². The highest BCUT2D eigenvalue weighted by molar-refractivity contribution is 5.88. The predicted molar refractivity (Wildman–Crippen MR) is 139 cm³/mol. The average Bonchev–Trinajstić information content (AvgIpc) is 3.24. The third-order valence-electron chi connectivity index (χ3n) is 6.69. The molecule has 0 saturated carbocycles. The van der Waals surface area contributed by atoms with Crippen LogP contribution in [0.3, 0.4) is 0 Å². The number of amides is 1. The van der Waals surface area contributed by atoms with E-state index in [-0.39, 0.29) is 22.8 Å². The van der Waals surface area contributed by atoms with Gasteiger partial charge in [0.05, 0.1) is 17.0 Å². The standard InChI is InChI=1S/C29H26FN3O3/c1-17(34)31-16-15-21-20-7-3-5-9-23(20)32-27(21)25(18-11-13-19(30)14-12-18)26-28(35)22-8-4-6-10-24(22)33(2)29(26)36/h3-14,25,32,35H,15-16H2,1-2H3,(H,31,34). The Morgan fingerprint density at radius 1 is 1.03 bits per heavy atom. The lowest BCUT2D eigenvalue weighted by Gasteiger charge is -2.22. The lowest BCUT2D eigenvalue weighted by molar-refractivity contribution is -0.118. The van der Waals surface area contributed by atoms with Gasteiger partial charge in [-0.05, 0) is 47.9 Å². The van der Waals surface area contributed by atoms with Crippen molar-refractivity contribution in [3.05, 3.63) is 111 Å². The first-order valence-electron chi connectivity index (χ1n) is 11.8. The Bertz CT molecular complexity index is 1650. The molecule has 3 N–H and O–H groups in total. The van der Waals surface area contributed by atoms with Gasteiger partial charge in [0.25, 0.3) is 5.56 Å². The van der Waals surface area contributed by atoms with E-state index in [0.717, 1.165) is 22.2 Å². The number of nitrogens with one attached hydrogen (secondary N) is 2. The smallest absolute Gasteiger partial charge is 0.258 e. The van der Waals surface area contributed by atoms with E-state index in [9.17, 15) is 19.1 Å². The van der Waals surface area contributed by atoms with Gasteiger partial charge in [-0.2, -0.15) is 0 Å². The fourth-order valence-corrected chi connectivity index (χ4v) is 5.00. The van der Waals surface area contributed by atoms with Crippen LogP contribution in [0.25, 0.3) is 21.8 Å². The van der Waals surface area contributed by atoms with Gasteiger partial charge in [-0.15, -0.1) is 0 Å². The number of rotatable bonds is 6. The molecule has 0 aliphatic carbocycles. The molecule has 6 nitrogen and oxygen atoms in total. The van der Waals surface area contributed by atoms with E-state index in [2.05, 4.69) is 10.3 Å². The van der Waals surface area contributed by atoms with Gasteiger partial charge in [-0.3, -0.25) is 9.59 Å². The van der Waals surface area contributed by atoms with Crippen LogP contribution in [-0.4, -0.2) is 27.1 Å². The molecule has 5 rings (SSSR count). The zero-order valence-electron chi connectivity index (χ0n) is 20.0. The molecule has 0 fully saturated rings. The second-order valence-corrected chi connectivity index (χ2v) is 8.92. The topological polar surface area (TPSA) is 87.1 Å². The molecule has 0 saturated heterocycles. The molecule has 1 unspecified atom stereocenters. The fraction of sp³-hybridized carbons (Fsp3) is 0.172.